The SMILES string of the molecule is CCOc1ccccc1NC(=O)CCN1C(=O)C(=C2SC(=S)N(CCC(=O)Nc3ccccc3OCC)C2=O)SC1=S. The predicted molar refractivity (Wildman–Crippen MR) is 173 cm³/mol. The first kappa shape index (κ1) is 31.5. The van der Waals surface area contributed by atoms with E-state index < -0.39 is 11.8 Å². The van der Waals surface area contributed by atoms with Gasteiger partial charge in [0.05, 0.1) is 34.4 Å². The minimum atomic E-state index is -0.460. The van der Waals surface area contributed by atoms with Crippen LogP contribution in [0.15, 0.2) is 58.3 Å². The van der Waals surface area contributed by atoms with Gasteiger partial charge in [-0.05, 0) is 38.1 Å². The second-order valence-corrected chi connectivity index (χ2v) is 12.1. The first-order valence-electron chi connectivity index (χ1n) is 13.1. The van der Waals surface area contributed by atoms with Gasteiger partial charge < -0.3 is 20.1 Å². The van der Waals surface area contributed by atoms with Crippen LogP contribution in [0.2, 0.25) is 0 Å². The molecule has 220 valence electrons. The summed E-state index contributed by atoms with van der Waals surface area (Å²) in [6.07, 6.45) is -0.0225. The van der Waals surface area contributed by atoms with E-state index in [2.05, 4.69) is 10.6 Å². The summed E-state index contributed by atoms with van der Waals surface area (Å²) in [5.74, 6) is -0.450. The summed E-state index contributed by atoms with van der Waals surface area (Å²) in [5.41, 5.74) is 1.07. The molecular weight excluding hydrogens is 617 g/mol. The fraction of sp³-hybridized carbons (Fsp3) is 0.286. The molecule has 4 rings (SSSR count). The van der Waals surface area contributed by atoms with Crippen molar-refractivity contribution in [2.75, 3.05) is 36.9 Å². The molecule has 0 bridgehead atoms. The molecule has 2 heterocycles. The van der Waals surface area contributed by atoms with E-state index in [1.807, 2.05) is 13.8 Å². The lowest BCUT2D eigenvalue weighted by Crippen LogP contribution is -2.33. The van der Waals surface area contributed by atoms with E-state index >= 15 is 0 Å². The van der Waals surface area contributed by atoms with E-state index in [1.54, 1.807) is 48.5 Å². The number of thioether (sulfide) groups is 2. The van der Waals surface area contributed by atoms with E-state index in [-0.39, 0.29) is 56.2 Å². The van der Waals surface area contributed by atoms with Gasteiger partial charge in [-0.15, -0.1) is 0 Å². The number of thiocarbonyl (C=S) groups is 2. The zero-order chi connectivity index (χ0) is 30.2. The molecule has 2 aliphatic heterocycles. The summed E-state index contributed by atoms with van der Waals surface area (Å²) in [7, 11) is 0. The van der Waals surface area contributed by atoms with Gasteiger partial charge in [-0.1, -0.05) is 72.2 Å². The van der Waals surface area contributed by atoms with Crippen LogP contribution < -0.4 is 20.1 Å². The Kier molecular flexibility index (Phi) is 11.0. The van der Waals surface area contributed by atoms with Crippen molar-refractivity contribution in [3.05, 3.63) is 58.3 Å². The van der Waals surface area contributed by atoms with E-state index in [0.29, 0.717) is 36.1 Å². The lowest BCUT2D eigenvalue weighted by molar-refractivity contribution is -0.125. The molecule has 0 unspecified atom stereocenters. The maximum Gasteiger partial charge on any atom is 0.267 e. The van der Waals surface area contributed by atoms with Gasteiger partial charge in [0.2, 0.25) is 11.8 Å². The first-order chi connectivity index (χ1) is 20.2. The summed E-state index contributed by atoms with van der Waals surface area (Å²) < 4.78 is 11.6. The third kappa shape index (κ3) is 7.48. The smallest absolute Gasteiger partial charge is 0.267 e. The maximum atomic E-state index is 13.2. The van der Waals surface area contributed by atoms with Gasteiger partial charge in [0.25, 0.3) is 11.8 Å². The molecule has 2 aliphatic rings. The highest BCUT2D eigenvalue weighted by Crippen LogP contribution is 2.42. The van der Waals surface area contributed by atoms with Crippen LogP contribution in [-0.4, -0.2) is 68.4 Å². The van der Waals surface area contributed by atoms with Crippen LogP contribution in [0.5, 0.6) is 11.5 Å². The molecule has 0 atom stereocenters. The van der Waals surface area contributed by atoms with Gasteiger partial charge in [-0.25, -0.2) is 0 Å². The number of hydrogen-bond acceptors (Lipinski definition) is 10. The average Bonchev–Trinajstić information content (AvgIpc) is 3.41. The van der Waals surface area contributed by atoms with Crippen molar-refractivity contribution < 1.29 is 28.7 Å². The minimum Gasteiger partial charge on any atom is -0.492 e. The molecular formula is C28H28N4O6S4. The van der Waals surface area contributed by atoms with E-state index in [9.17, 15) is 19.2 Å². The van der Waals surface area contributed by atoms with Crippen molar-refractivity contribution in [1.29, 1.82) is 0 Å². The number of benzene rings is 2. The third-order valence-corrected chi connectivity index (χ3v) is 8.98. The molecule has 2 aromatic rings. The monoisotopic (exact) mass is 644 g/mol. The molecule has 2 N–H and O–H groups in total. The number of nitrogens with one attached hydrogen (secondary N) is 2. The standard InChI is InChI=1S/C28H28N4O6S4/c1-3-37-19-11-7-5-9-17(19)29-21(33)13-15-31-25(35)23(41-27(31)39)24-26(36)32(28(40)42-24)16-14-22(34)30-18-10-6-8-12-20(18)38-4-2/h5-12H,3-4,13-16H2,1-2H3,(H,29,33)(H,30,34). The van der Waals surface area contributed by atoms with Gasteiger partial charge in [-0.3, -0.25) is 29.0 Å². The van der Waals surface area contributed by atoms with Crippen molar-refractivity contribution in [3.63, 3.8) is 0 Å². The Morgan fingerprint density at radius 2 is 1.10 bits per heavy atom. The highest BCUT2D eigenvalue weighted by molar-refractivity contribution is 8.29. The molecule has 0 spiro atoms. The van der Waals surface area contributed by atoms with Crippen LogP contribution in [0.4, 0.5) is 11.4 Å². The van der Waals surface area contributed by atoms with E-state index in [4.69, 9.17) is 33.9 Å². The summed E-state index contributed by atoms with van der Waals surface area (Å²) in [5, 5.41) is 5.59. The van der Waals surface area contributed by atoms with Crippen LogP contribution in [0.25, 0.3) is 0 Å². The van der Waals surface area contributed by atoms with E-state index in [1.165, 1.54) is 9.80 Å². The number of rotatable bonds is 12. The van der Waals surface area contributed by atoms with E-state index in [0.717, 1.165) is 23.5 Å². The van der Waals surface area contributed by atoms with Crippen molar-refractivity contribution in [2.24, 2.45) is 0 Å². The summed E-state index contributed by atoms with van der Waals surface area (Å²) in [6.45, 7) is 4.69. The molecule has 2 saturated heterocycles. The number of anilines is 2. The van der Waals surface area contributed by atoms with Crippen molar-refractivity contribution in [2.45, 2.75) is 26.7 Å². The normalized spacial score (nSPS) is 16.7. The Bertz CT molecular complexity index is 1360. The molecule has 14 heteroatoms. The number of hydrogen-bond donors (Lipinski definition) is 2. The van der Waals surface area contributed by atoms with Gasteiger partial charge >= 0.3 is 0 Å². The average molecular weight is 645 g/mol. The fourth-order valence-corrected chi connectivity index (χ4v) is 6.78. The maximum absolute atomic E-state index is 13.2. The van der Waals surface area contributed by atoms with Crippen LogP contribution in [0.3, 0.4) is 0 Å². The zero-order valence-electron chi connectivity index (χ0n) is 22.8. The highest BCUT2D eigenvalue weighted by atomic mass is 32.2. The lowest BCUT2D eigenvalue weighted by atomic mass is 10.2. The Labute approximate surface area is 262 Å². The topological polar surface area (TPSA) is 117 Å². The number of ether oxygens (including phenoxy) is 2. The number of nitrogens with zero attached hydrogens (tertiary/aromatic N) is 2. The van der Waals surface area contributed by atoms with Crippen molar-refractivity contribution in [3.8, 4) is 11.5 Å². The Morgan fingerprint density at radius 3 is 1.48 bits per heavy atom. The van der Waals surface area contributed by atoms with Crippen LogP contribution in [0.1, 0.15) is 26.7 Å². The summed E-state index contributed by atoms with van der Waals surface area (Å²) in [6, 6.07) is 14.1. The second-order valence-electron chi connectivity index (χ2n) is 8.76. The van der Waals surface area contributed by atoms with Gasteiger partial charge in [0, 0.05) is 25.9 Å². The lowest BCUT2D eigenvalue weighted by Gasteiger charge is -2.15. The predicted octanol–water partition coefficient (Wildman–Crippen LogP) is 4.77. The quantitative estimate of drug-likeness (QED) is 0.247. The summed E-state index contributed by atoms with van der Waals surface area (Å²) in [4.78, 5) is 54.6. The fourth-order valence-electron chi connectivity index (χ4n) is 4.01. The number of amides is 4. The Hall–Kier alpha value is -3.46. The highest BCUT2D eigenvalue weighted by Gasteiger charge is 2.42. The van der Waals surface area contributed by atoms with Crippen molar-refractivity contribution >= 4 is 91.6 Å². The van der Waals surface area contributed by atoms with Crippen LogP contribution in [-0.2, 0) is 19.2 Å². The molecule has 2 aromatic carbocycles. The van der Waals surface area contributed by atoms with Gasteiger partial charge in [-0.2, -0.15) is 0 Å². The molecule has 0 radical (unpaired) electrons. The molecule has 2 fully saturated rings. The Balaban J connectivity index is 1.35. The first-order valence-corrected chi connectivity index (χ1v) is 15.5. The molecule has 4 amide bonds. The van der Waals surface area contributed by atoms with Crippen LogP contribution in [0, 0.1) is 0 Å². The largest absolute Gasteiger partial charge is 0.492 e. The zero-order valence-corrected chi connectivity index (χ0v) is 26.1. The molecule has 10 nitrogen and oxygen atoms in total. The molecule has 0 saturated carbocycles. The Morgan fingerprint density at radius 1 is 0.714 bits per heavy atom. The van der Waals surface area contributed by atoms with Gasteiger partial charge in [0.1, 0.15) is 20.1 Å². The number of para-hydroxylation sites is 4. The van der Waals surface area contributed by atoms with Crippen LogP contribution >= 0.6 is 48.0 Å². The van der Waals surface area contributed by atoms with Crippen molar-refractivity contribution in [1.82, 2.24) is 9.80 Å². The number of carbonyl (C=O) groups is 4. The molecule has 0 aliphatic carbocycles. The summed E-state index contributed by atoms with van der Waals surface area (Å²) >= 11 is 12.8. The number of carbonyl (C=O) groups excluding carboxylic acids is 4. The van der Waals surface area contributed by atoms with Gasteiger partial charge in [0.15, 0.2) is 0 Å². The molecule has 0 aromatic heterocycles. The molecule has 42 heavy (non-hydrogen) atoms. The third-order valence-electron chi connectivity index (χ3n) is 5.95. The minimum absolute atomic E-state index is 0.0112. The second kappa shape index (κ2) is 14.6.